The number of hydrogen-bond acceptors (Lipinski definition) is 4. The highest BCUT2D eigenvalue weighted by Gasteiger charge is 2.32. The summed E-state index contributed by atoms with van der Waals surface area (Å²) >= 11 is 4.13. The molecule has 0 atom stereocenters. The number of ether oxygens (including phenoxy) is 1. The minimum Gasteiger partial charge on any atom is -0.404 e. The molecule has 112 valence electrons. The first kappa shape index (κ1) is 15.6. The number of carbonyl (C=O) groups is 1. The molecule has 0 fully saturated rings. The fourth-order valence-corrected chi connectivity index (χ4v) is 2.54. The zero-order chi connectivity index (χ0) is 15.6. The Morgan fingerprint density at radius 2 is 2.05 bits per heavy atom. The van der Waals surface area contributed by atoms with Crippen LogP contribution >= 0.6 is 27.3 Å². The molecule has 4 nitrogen and oxygen atoms in total. The summed E-state index contributed by atoms with van der Waals surface area (Å²) in [5.74, 6) is -1.11. The van der Waals surface area contributed by atoms with Gasteiger partial charge in [0.2, 0.25) is 0 Å². The number of nitrogens with one attached hydrogen (secondary N) is 1. The van der Waals surface area contributed by atoms with Crippen LogP contribution < -0.4 is 15.8 Å². The second-order valence-electron chi connectivity index (χ2n) is 3.85. The Balaban J connectivity index is 2.27. The summed E-state index contributed by atoms with van der Waals surface area (Å²) in [5.41, 5.74) is 5.74. The molecule has 21 heavy (non-hydrogen) atoms. The third-order valence-corrected chi connectivity index (χ3v) is 3.74. The highest BCUT2D eigenvalue weighted by Crippen LogP contribution is 2.33. The number of halogens is 4. The molecular formula is C12H8BrF3N2O2S. The van der Waals surface area contributed by atoms with Gasteiger partial charge >= 0.3 is 6.36 Å². The molecule has 1 aromatic carbocycles. The first-order valence-corrected chi connectivity index (χ1v) is 7.13. The molecule has 2 aromatic rings. The Labute approximate surface area is 129 Å². The van der Waals surface area contributed by atoms with Crippen molar-refractivity contribution < 1.29 is 22.7 Å². The zero-order valence-electron chi connectivity index (χ0n) is 10.2. The van der Waals surface area contributed by atoms with E-state index in [-0.39, 0.29) is 16.3 Å². The number of thiophene rings is 1. The van der Waals surface area contributed by atoms with Gasteiger partial charge in [-0.3, -0.25) is 4.79 Å². The van der Waals surface area contributed by atoms with Crippen molar-refractivity contribution in [2.45, 2.75) is 6.36 Å². The predicted octanol–water partition coefficient (Wildman–Crippen LogP) is 4.24. The number of alkyl halides is 3. The van der Waals surface area contributed by atoms with Crippen molar-refractivity contribution in [1.82, 2.24) is 0 Å². The van der Waals surface area contributed by atoms with Crippen LogP contribution in [0.5, 0.6) is 5.75 Å². The molecule has 1 aromatic heterocycles. The Hall–Kier alpha value is -1.74. The van der Waals surface area contributed by atoms with E-state index in [4.69, 9.17) is 5.73 Å². The van der Waals surface area contributed by atoms with E-state index in [2.05, 4.69) is 26.0 Å². The van der Waals surface area contributed by atoms with Crippen LogP contribution in [0.25, 0.3) is 0 Å². The second-order valence-corrected chi connectivity index (χ2v) is 5.68. The third kappa shape index (κ3) is 4.11. The fraction of sp³-hybridized carbons (Fsp3) is 0.0833. The molecule has 2 rings (SSSR count). The summed E-state index contributed by atoms with van der Waals surface area (Å²) in [7, 11) is 0. The maximum Gasteiger partial charge on any atom is 0.573 e. The summed E-state index contributed by atoms with van der Waals surface area (Å²) in [6.45, 7) is 0. The van der Waals surface area contributed by atoms with Crippen LogP contribution in [0, 0.1) is 0 Å². The Kier molecular flexibility index (Phi) is 4.43. The maximum atomic E-state index is 12.4. The molecule has 0 unspecified atom stereocenters. The lowest BCUT2D eigenvalue weighted by Crippen LogP contribution is -2.19. The van der Waals surface area contributed by atoms with Gasteiger partial charge in [0.25, 0.3) is 5.91 Å². The van der Waals surface area contributed by atoms with E-state index in [1.54, 1.807) is 5.38 Å². The van der Waals surface area contributed by atoms with Crippen LogP contribution in [0.1, 0.15) is 9.67 Å². The molecular weight excluding hydrogens is 373 g/mol. The number of nitrogens with two attached hydrogens (primary N) is 1. The van der Waals surface area contributed by atoms with Crippen molar-refractivity contribution in [3.05, 3.63) is 39.0 Å². The van der Waals surface area contributed by atoms with Gasteiger partial charge in [-0.1, -0.05) is 15.9 Å². The molecule has 0 spiro atoms. The van der Waals surface area contributed by atoms with Crippen molar-refractivity contribution in [1.29, 1.82) is 0 Å². The average Bonchev–Trinajstić information content (AvgIpc) is 2.77. The summed E-state index contributed by atoms with van der Waals surface area (Å²) in [6, 6.07) is 5.43. The number of nitrogen functional groups attached to an aromatic ring is 1. The average molecular weight is 381 g/mol. The van der Waals surface area contributed by atoms with E-state index in [9.17, 15) is 18.0 Å². The SMILES string of the molecule is Nc1ccsc1C(=O)Nc1ccc(Br)cc1OC(F)(F)F. The van der Waals surface area contributed by atoms with E-state index in [1.807, 2.05) is 0 Å². The largest absolute Gasteiger partial charge is 0.573 e. The summed E-state index contributed by atoms with van der Waals surface area (Å²) in [5, 5.41) is 3.96. The summed E-state index contributed by atoms with van der Waals surface area (Å²) < 4.78 is 41.4. The Morgan fingerprint density at radius 1 is 1.33 bits per heavy atom. The van der Waals surface area contributed by atoms with Gasteiger partial charge in [0.15, 0.2) is 5.75 Å². The zero-order valence-corrected chi connectivity index (χ0v) is 12.6. The molecule has 0 aliphatic rings. The first-order valence-electron chi connectivity index (χ1n) is 5.46. The van der Waals surface area contributed by atoms with Gasteiger partial charge in [-0.05, 0) is 29.6 Å². The molecule has 0 saturated heterocycles. The highest BCUT2D eigenvalue weighted by molar-refractivity contribution is 9.10. The molecule has 0 aliphatic heterocycles. The molecule has 0 aliphatic carbocycles. The van der Waals surface area contributed by atoms with Crippen LogP contribution in [0.4, 0.5) is 24.5 Å². The topological polar surface area (TPSA) is 64.4 Å². The van der Waals surface area contributed by atoms with Crippen molar-refractivity contribution in [2.75, 3.05) is 11.1 Å². The van der Waals surface area contributed by atoms with Gasteiger partial charge in [-0.25, -0.2) is 0 Å². The van der Waals surface area contributed by atoms with Crippen LogP contribution in [0.2, 0.25) is 0 Å². The quantitative estimate of drug-likeness (QED) is 0.836. The minimum atomic E-state index is -4.86. The molecule has 3 N–H and O–H groups in total. The standard InChI is InChI=1S/C12H8BrF3N2O2S/c13-6-1-2-8(9(5-6)20-12(14,15)16)18-11(19)10-7(17)3-4-21-10/h1-5H,17H2,(H,18,19). The van der Waals surface area contributed by atoms with Crippen LogP contribution in [0.15, 0.2) is 34.1 Å². The van der Waals surface area contributed by atoms with Crippen molar-refractivity contribution in [3.8, 4) is 5.75 Å². The predicted molar refractivity (Wildman–Crippen MR) is 77.5 cm³/mol. The molecule has 1 heterocycles. The van der Waals surface area contributed by atoms with E-state index < -0.39 is 18.0 Å². The minimum absolute atomic E-state index is 0.103. The van der Waals surface area contributed by atoms with E-state index in [0.29, 0.717) is 4.47 Å². The Bertz CT molecular complexity index is 673. The van der Waals surface area contributed by atoms with Gasteiger partial charge < -0.3 is 15.8 Å². The lowest BCUT2D eigenvalue weighted by Gasteiger charge is -2.14. The van der Waals surface area contributed by atoms with Gasteiger partial charge in [-0.2, -0.15) is 0 Å². The number of amides is 1. The molecule has 0 radical (unpaired) electrons. The lowest BCUT2D eigenvalue weighted by atomic mass is 10.3. The van der Waals surface area contributed by atoms with E-state index in [0.717, 1.165) is 17.4 Å². The number of anilines is 2. The number of benzene rings is 1. The highest BCUT2D eigenvalue weighted by atomic mass is 79.9. The van der Waals surface area contributed by atoms with Gasteiger partial charge in [0.1, 0.15) is 4.88 Å². The molecule has 1 amide bonds. The summed E-state index contributed by atoms with van der Waals surface area (Å²) in [6.07, 6.45) is -4.86. The smallest absolute Gasteiger partial charge is 0.404 e. The third-order valence-electron chi connectivity index (χ3n) is 2.32. The maximum absolute atomic E-state index is 12.4. The second kappa shape index (κ2) is 5.94. The van der Waals surface area contributed by atoms with E-state index >= 15 is 0 Å². The molecule has 0 bridgehead atoms. The lowest BCUT2D eigenvalue weighted by molar-refractivity contribution is -0.274. The van der Waals surface area contributed by atoms with Crippen molar-refractivity contribution >= 4 is 44.5 Å². The fourth-order valence-electron chi connectivity index (χ4n) is 1.49. The van der Waals surface area contributed by atoms with Crippen molar-refractivity contribution in [2.24, 2.45) is 0 Å². The van der Waals surface area contributed by atoms with Gasteiger partial charge in [0, 0.05) is 4.47 Å². The first-order chi connectivity index (χ1) is 9.76. The monoisotopic (exact) mass is 380 g/mol. The number of carbonyl (C=O) groups excluding carboxylic acids is 1. The van der Waals surface area contributed by atoms with Gasteiger partial charge in [0.05, 0.1) is 11.4 Å². The molecule has 9 heteroatoms. The molecule has 0 saturated carbocycles. The van der Waals surface area contributed by atoms with Crippen LogP contribution in [0.3, 0.4) is 0 Å². The number of rotatable bonds is 3. The Morgan fingerprint density at radius 3 is 2.62 bits per heavy atom. The number of hydrogen-bond donors (Lipinski definition) is 2. The summed E-state index contributed by atoms with van der Waals surface area (Å²) in [4.78, 5) is 12.2. The normalized spacial score (nSPS) is 11.2. The van der Waals surface area contributed by atoms with Crippen LogP contribution in [-0.4, -0.2) is 12.3 Å². The van der Waals surface area contributed by atoms with Crippen LogP contribution in [-0.2, 0) is 0 Å². The van der Waals surface area contributed by atoms with Crippen molar-refractivity contribution in [3.63, 3.8) is 0 Å². The van der Waals surface area contributed by atoms with Gasteiger partial charge in [-0.15, -0.1) is 24.5 Å². The van der Waals surface area contributed by atoms with E-state index in [1.165, 1.54) is 18.2 Å².